The Kier molecular flexibility index (Phi) is 5.91. The summed E-state index contributed by atoms with van der Waals surface area (Å²) in [5.41, 5.74) is 1.26. The number of para-hydroxylation sites is 1. The van der Waals surface area contributed by atoms with Crippen LogP contribution in [-0.4, -0.2) is 21.4 Å². The van der Waals surface area contributed by atoms with Crippen molar-refractivity contribution >= 4 is 38.9 Å². The summed E-state index contributed by atoms with van der Waals surface area (Å²) in [6, 6.07) is 16.7. The van der Waals surface area contributed by atoms with E-state index in [1.54, 1.807) is 43.3 Å². The highest BCUT2D eigenvalue weighted by atomic mass is 35.5. The van der Waals surface area contributed by atoms with Crippen LogP contribution in [0.25, 0.3) is 0 Å². The number of rotatable bonds is 5. The van der Waals surface area contributed by atoms with Gasteiger partial charge in [-0.3, -0.25) is 9.10 Å². The Morgan fingerprint density at radius 1 is 1.03 bits per heavy atom. The van der Waals surface area contributed by atoms with Crippen LogP contribution >= 0.6 is 11.6 Å². The third-order valence-electron chi connectivity index (χ3n) is 4.32. The van der Waals surface area contributed by atoms with Crippen molar-refractivity contribution in [2.24, 2.45) is 0 Å². The number of nitrogens with zero attached hydrogens (tertiary/aromatic N) is 1. The number of halogens is 2. The predicted molar refractivity (Wildman–Crippen MR) is 113 cm³/mol. The molecule has 0 aliphatic carbocycles. The van der Waals surface area contributed by atoms with E-state index in [0.717, 1.165) is 9.87 Å². The van der Waals surface area contributed by atoms with Crippen molar-refractivity contribution in [1.29, 1.82) is 0 Å². The lowest BCUT2D eigenvalue weighted by molar-refractivity contribution is 0.102. The molecule has 0 spiro atoms. The maximum Gasteiger partial charge on any atom is 0.265 e. The first-order valence-electron chi connectivity index (χ1n) is 8.61. The largest absolute Gasteiger partial charge is 0.319 e. The summed E-state index contributed by atoms with van der Waals surface area (Å²) < 4.78 is 41.1. The molecule has 0 fully saturated rings. The monoisotopic (exact) mass is 432 g/mol. The summed E-state index contributed by atoms with van der Waals surface area (Å²) in [6.45, 7) is 1.77. The molecule has 0 aromatic heterocycles. The molecule has 1 N–H and O–H groups in total. The number of carbonyl (C=O) groups excluding carboxylic acids is 1. The summed E-state index contributed by atoms with van der Waals surface area (Å²) in [7, 11) is -2.62. The van der Waals surface area contributed by atoms with Gasteiger partial charge in [0.1, 0.15) is 10.7 Å². The van der Waals surface area contributed by atoms with E-state index in [0.29, 0.717) is 5.69 Å². The van der Waals surface area contributed by atoms with Gasteiger partial charge < -0.3 is 5.32 Å². The zero-order valence-electron chi connectivity index (χ0n) is 15.7. The van der Waals surface area contributed by atoms with Gasteiger partial charge in [0.15, 0.2) is 0 Å². The normalized spacial score (nSPS) is 11.2. The van der Waals surface area contributed by atoms with E-state index in [1.807, 2.05) is 0 Å². The van der Waals surface area contributed by atoms with Crippen molar-refractivity contribution in [3.8, 4) is 0 Å². The fraction of sp³-hybridized carbons (Fsp3) is 0.0952. The Hall–Kier alpha value is -2.90. The standard InChI is InChI=1S/C21H18ClFN2O3S/c1-14-8-11-18(23)19(12-14)24-21(26)15-9-10-17(22)20(13-15)29(27,28)25(2)16-6-4-3-5-7-16/h3-13H,1-2H3,(H,24,26). The molecule has 0 saturated heterocycles. The van der Waals surface area contributed by atoms with E-state index in [2.05, 4.69) is 5.32 Å². The van der Waals surface area contributed by atoms with Gasteiger partial charge >= 0.3 is 0 Å². The third-order valence-corrected chi connectivity index (χ3v) is 6.59. The van der Waals surface area contributed by atoms with Crippen LogP contribution in [0.3, 0.4) is 0 Å². The predicted octanol–water partition coefficient (Wildman–Crippen LogP) is 4.86. The van der Waals surface area contributed by atoms with Crippen molar-refractivity contribution in [2.45, 2.75) is 11.8 Å². The van der Waals surface area contributed by atoms with Gasteiger partial charge in [0.2, 0.25) is 0 Å². The minimum atomic E-state index is -4.02. The SMILES string of the molecule is Cc1ccc(F)c(NC(=O)c2ccc(Cl)c(S(=O)(=O)N(C)c3ccccc3)c2)c1. The summed E-state index contributed by atoms with van der Waals surface area (Å²) in [5, 5.41) is 2.44. The molecule has 0 unspecified atom stereocenters. The third kappa shape index (κ3) is 4.41. The van der Waals surface area contributed by atoms with E-state index in [4.69, 9.17) is 11.6 Å². The summed E-state index contributed by atoms with van der Waals surface area (Å²) in [6.07, 6.45) is 0. The van der Waals surface area contributed by atoms with Gasteiger partial charge in [-0.15, -0.1) is 0 Å². The minimum absolute atomic E-state index is 0.00996. The van der Waals surface area contributed by atoms with Crippen molar-refractivity contribution in [1.82, 2.24) is 0 Å². The number of nitrogens with one attached hydrogen (secondary N) is 1. The quantitative estimate of drug-likeness (QED) is 0.625. The Morgan fingerprint density at radius 3 is 2.41 bits per heavy atom. The van der Waals surface area contributed by atoms with E-state index in [9.17, 15) is 17.6 Å². The number of anilines is 2. The molecule has 0 atom stereocenters. The Balaban J connectivity index is 1.95. The first-order chi connectivity index (χ1) is 13.7. The van der Waals surface area contributed by atoms with Crippen LogP contribution in [0.2, 0.25) is 5.02 Å². The van der Waals surface area contributed by atoms with E-state index in [-0.39, 0.29) is 21.2 Å². The van der Waals surface area contributed by atoms with Gasteiger partial charge in [0.05, 0.1) is 16.4 Å². The second-order valence-corrected chi connectivity index (χ2v) is 8.74. The van der Waals surface area contributed by atoms with Crippen LogP contribution in [0, 0.1) is 12.7 Å². The number of aryl methyl sites for hydroxylation is 1. The average molecular weight is 433 g/mol. The number of sulfonamides is 1. The minimum Gasteiger partial charge on any atom is -0.319 e. The molecule has 3 aromatic rings. The van der Waals surface area contributed by atoms with Gasteiger partial charge in [-0.25, -0.2) is 12.8 Å². The summed E-state index contributed by atoms with van der Waals surface area (Å²) in [4.78, 5) is 12.4. The number of benzene rings is 3. The molecule has 0 saturated carbocycles. The molecule has 0 radical (unpaired) electrons. The highest BCUT2D eigenvalue weighted by Crippen LogP contribution is 2.28. The van der Waals surface area contributed by atoms with E-state index < -0.39 is 21.7 Å². The highest BCUT2D eigenvalue weighted by molar-refractivity contribution is 7.93. The number of hydrogen-bond donors (Lipinski definition) is 1. The fourth-order valence-electron chi connectivity index (χ4n) is 2.70. The lowest BCUT2D eigenvalue weighted by Crippen LogP contribution is -2.27. The van der Waals surface area contributed by atoms with E-state index >= 15 is 0 Å². The molecule has 8 heteroatoms. The lowest BCUT2D eigenvalue weighted by Gasteiger charge is -2.20. The van der Waals surface area contributed by atoms with Crippen LogP contribution < -0.4 is 9.62 Å². The number of hydrogen-bond acceptors (Lipinski definition) is 3. The molecule has 0 aliphatic rings. The summed E-state index contributed by atoms with van der Waals surface area (Å²) in [5.74, 6) is -1.24. The topological polar surface area (TPSA) is 66.5 Å². The maximum absolute atomic E-state index is 13.9. The molecule has 1 amide bonds. The van der Waals surface area contributed by atoms with Gasteiger partial charge in [0.25, 0.3) is 15.9 Å². The molecule has 3 rings (SSSR count). The Morgan fingerprint density at radius 2 is 1.72 bits per heavy atom. The Bertz CT molecular complexity index is 1170. The first-order valence-corrected chi connectivity index (χ1v) is 10.4. The van der Waals surface area contributed by atoms with Crippen molar-refractivity contribution in [3.63, 3.8) is 0 Å². The molecule has 0 bridgehead atoms. The molecule has 0 aliphatic heterocycles. The van der Waals surface area contributed by atoms with Crippen LogP contribution in [0.5, 0.6) is 0 Å². The molecule has 0 heterocycles. The van der Waals surface area contributed by atoms with Crippen LogP contribution in [0.15, 0.2) is 71.6 Å². The molecule has 3 aromatic carbocycles. The second-order valence-electron chi connectivity index (χ2n) is 6.39. The average Bonchev–Trinajstić information content (AvgIpc) is 2.71. The van der Waals surface area contributed by atoms with Crippen molar-refractivity contribution in [2.75, 3.05) is 16.7 Å². The van der Waals surface area contributed by atoms with Crippen LogP contribution in [-0.2, 0) is 10.0 Å². The van der Waals surface area contributed by atoms with Crippen molar-refractivity contribution in [3.05, 3.63) is 88.7 Å². The van der Waals surface area contributed by atoms with Gasteiger partial charge in [-0.1, -0.05) is 35.9 Å². The molecule has 150 valence electrons. The Labute approximate surface area is 173 Å². The second kappa shape index (κ2) is 8.23. The number of carbonyl (C=O) groups is 1. The molecular weight excluding hydrogens is 415 g/mol. The number of amides is 1. The van der Waals surface area contributed by atoms with Gasteiger partial charge in [-0.2, -0.15) is 0 Å². The lowest BCUT2D eigenvalue weighted by atomic mass is 10.2. The molecule has 29 heavy (non-hydrogen) atoms. The maximum atomic E-state index is 13.9. The molecular formula is C21H18ClFN2O3S. The summed E-state index contributed by atoms with van der Waals surface area (Å²) >= 11 is 6.13. The smallest absolute Gasteiger partial charge is 0.265 e. The first kappa shape index (κ1) is 20.8. The fourth-order valence-corrected chi connectivity index (χ4v) is 4.39. The van der Waals surface area contributed by atoms with E-state index in [1.165, 1.54) is 37.4 Å². The van der Waals surface area contributed by atoms with Gasteiger partial charge in [0, 0.05) is 12.6 Å². The highest BCUT2D eigenvalue weighted by Gasteiger charge is 2.25. The van der Waals surface area contributed by atoms with Crippen LogP contribution in [0.1, 0.15) is 15.9 Å². The zero-order valence-corrected chi connectivity index (χ0v) is 17.3. The van der Waals surface area contributed by atoms with Gasteiger partial charge in [-0.05, 0) is 55.0 Å². The van der Waals surface area contributed by atoms with Crippen molar-refractivity contribution < 1.29 is 17.6 Å². The molecule has 5 nitrogen and oxygen atoms in total. The van der Waals surface area contributed by atoms with Crippen LogP contribution in [0.4, 0.5) is 15.8 Å². The zero-order chi connectivity index (χ0) is 21.2.